The molecule has 0 spiro atoms. The first-order chi connectivity index (χ1) is 13.9. The number of hydrogen-bond donors (Lipinski definition) is 0. The molecule has 2 aromatic rings. The van der Waals surface area contributed by atoms with Crippen LogP contribution >= 0.6 is 15.9 Å². The standard InChI is InChI=1S/C20H16BrF2NO5/c1-3-27-16-9-11(7-14(21)17(16)26-2)8-15-19(25)29-18(24-15)12-5-4-6-13(10-12)28-20(22)23/h4-10,20H,3H2,1-2H3/b15-8-. The van der Waals surface area contributed by atoms with Gasteiger partial charge in [0.2, 0.25) is 5.90 Å². The first-order valence-corrected chi connectivity index (χ1v) is 9.28. The van der Waals surface area contributed by atoms with Crippen molar-refractivity contribution in [3.63, 3.8) is 0 Å². The minimum absolute atomic E-state index is 0.00132. The van der Waals surface area contributed by atoms with E-state index in [0.29, 0.717) is 33.7 Å². The van der Waals surface area contributed by atoms with E-state index in [4.69, 9.17) is 14.2 Å². The van der Waals surface area contributed by atoms with Crippen molar-refractivity contribution < 1.29 is 32.5 Å². The molecule has 0 aliphatic carbocycles. The summed E-state index contributed by atoms with van der Waals surface area (Å²) in [5.74, 6) is 0.310. The first-order valence-electron chi connectivity index (χ1n) is 8.49. The number of aliphatic imine (C=N–C) groups is 1. The predicted octanol–water partition coefficient (Wildman–Crippen LogP) is 4.80. The molecule has 29 heavy (non-hydrogen) atoms. The van der Waals surface area contributed by atoms with Crippen molar-refractivity contribution in [3.8, 4) is 17.2 Å². The third-order valence-electron chi connectivity index (χ3n) is 3.77. The summed E-state index contributed by atoms with van der Waals surface area (Å²) in [7, 11) is 1.53. The fraction of sp³-hybridized carbons (Fsp3) is 0.200. The number of ether oxygens (including phenoxy) is 4. The Morgan fingerprint density at radius 3 is 2.76 bits per heavy atom. The van der Waals surface area contributed by atoms with E-state index >= 15 is 0 Å². The number of benzene rings is 2. The summed E-state index contributed by atoms with van der Waals surface area (Å²) >= 11 is 3.41. The van der Waals surface area contributed by atoms with Gasteiger partial charge in [0, 0.05) is 5.56 Å². The number of hydrogen-bond acceptors (Lipinski definition) is 6. The molecule has 0 atom stereocenters. The van der Waals surface area contributed by atoms with Crippen LogP contribution in [0.2, 0.25) is 0 Å². The fourth-order valence-electron chi connectivity index (χ4n) is 2.63. The van der Waals surface area contributed by atoms with Crippen LogP contribution in [0.4, 0.5) is 8.78 Å². The molecule has 0 amide bonds. The molecule has 1 heterocycles. The van der Waals surface area contributed by atoms with Crippen molar-refractivity contribution in [1.29, 1.82) is 0 Å². The topological polar surface area (TPSA) is 66.3 Å². The minimum atomic E-state index is -2.96. The van der Waals surface area contributed by atoms with Crippen molar-refractivity contribution >= 4 is 33.9 Å². The van der Waals surface area contributed by atoms with E-state index < -0.39 is 12.6 Å². The molecule has 0 unspecified atom stereocenters. The number of esters is 1. The van der Waals surface area contributed by atoms with Gasteiger partial charge >= 0.3 is 12.6 Å². The largest absolute Gasteiger partial charge is 0.492 e. The second-order valence-electron chi connectivity index (χ2n) is 5.71. The van der Waals surface area contributed by atoms with Crippen molar-refractivity contribution in [2.24, 2.45) is 4.99 Å². The van der Waals surface area contributed by atoms with E-state index in [0.717, 1.165) is 0 Å². The number of alkyl halides is 2. The summed E-state index contributed by atoms with van der Waals surface area (Å²) in [5.41, 5.74) is 1.03. The third kappa shape index (κ3) is 4.92. The van der Waals surface area contributed by atoms with Crippen molar-refractivity contribution in [2.45, 2.75) is 13.5 Å². The van der Waals surface area contributed by atoms with Crippen LogP contribution in [-0.4, -0.2) is 32.2 Å². The summed E-state index contributed by atoms with van der Waals surface area (Å²) in [4.78, 5) is 16.4. The quantitative estimate of drug-likeness (QED) is 0.432. The summed E-state index contributed by atoms with van der Waals surface area (Å²) in [6, 6.07) is 9.21. The number of rotatable bonds is 7. The van der Waals surface area contributed by atoms with Gasteiger partial charge in [0.1, 0.15) is 5.75 Å². The Morgan fingerprint density at radius 1 is 1.28 bits per heavy atom. The molecule has 152 valence electrons. The van der Waals surface area contributed by atoms with Gasteiger partial charge in [-0.2, -0.15) is 8.78 Å². The van der Waals surface area contributed by atoms with Crippen molar-refractivity contribution in [3.05, 3.63) is 57.7 Å². The average Bonchev–Trinajstić information content (AvgIpc) is 3.02. The molecular weight excluding hydrogens is 452 g/mol. The second-order valence-corrected chi connectivity index (χ2v) is 6.56. The molecule has 2 aromatic carbocycles. The van der Waals surface area contributed by atoms with Crippen molar-refractivity contribution in [1.82, 2.24) is 0 Å². The van der Waals surface area contributed by atoms with E-state index in [9.17, 15) is 13.6 Å². The Bertz CT molecular complexity index is 991. The highest BCUT2D eigenvalue weighted by molar-refractivity contribution is 9.10. The summed E-state index contributed by atoms with van der Waals surface area (Å²) in [6.07, 6.45) is 1.53. The zero-order valence-electron chi connectivity index (χ0n) is 15.4. The molecule has 0 saturated carbocycles. The SMILES string of the molecule is CCOc1cc(/C=C2\N=C(c3cccc(OC(F)F)c3)OC2=O)cc(Br)c1OC. The number of halogens is 3. The van der Waals surface area contributed by atoms with Crippen LogP contribution in [0.5, 0.6) is 17.2 Å². The zero-order valence-corrected chi connectivity index (χ0v) is 17.0. The van der Waals surface area contributed by atoms with Crippen LogP contribution in [-0.2, 0) is 9.53 Å². The van der Waals surface area contributed by atoms with E-state index in [1.807, 2.05) is 6.92 Å². The summed E-state index contributed by atoms with van der Waals surface area (Å²) in [5, 5.41) is 0. The van der Waals surface area contributed by atoms with Gasteiger partial charge in [0.05, 0.1) is 18.2 Å². The highest BCUT2D eigenvalue weighted by atomic mass is 79.9. The monoisotopic (exact) mass is 467 g/mol. The maximum atomic E-state index is 12.4. The van der Waals surface area contributed by atoms with Gasteiger partial charge in [-0.3, -0.25) is 0 Å². The summed E-state index contributed by atoms with van der Waals surface area (Å²) in [6.45, 7) is -0.679. The van der Waals surface area contributed by atoms with Gasteiger partial charge in [-0.1, -0.05) is 6.07 Å². The van der Waals surface area contributed by atoms with Gasteiger partial charge in [0.15, 0.2) is 17.2 Å². The Morgan fingerprint density at radius 2 is 2.07 bits per heavy atom. The Hall–Kier alpha value is -2.94. The molecule has 9 heteroatoms. The summed E-state index contributed by atoms with van der Waals surface area (Å²) < 4.78 is 45.9. The Labute approximate surface area is 173 Å². The van der Waals surface area contributed by atoms with Gasteiger partial charge in [-0.15, -0.1) is 0 Å². The number of carbonyl (C=O) groups excluding carboxylic acids is 1. The van der Waals surface area contributed by atoms with E-state index in [1.165, 1.54) is 31.4 Å². The maximum absolute atomic E-state index is 12.4. The van der Waals surface area contributed by atoms with Gasteiger partial charge in [0.25, 0.3) is 0 Å². The molecule has 1 aliphatic heterocycles. The number of nitrogens with zero attached hydrogens (tertiary/aromatic N) is 1. The lowest BCUT2D eigenvalue weighted by Gasteiger charge is -2.12. The fourth-order valence-corrected chi connectivity index (χ4v) is 3.25. The van der Waals surface area contributed by atoms with Crippen LogP contribution in [0.15, 0.2) is 51.6 Å². The Kier molecular flexibility index (Phi) is 6.48. The van der Waals surface area contributed by atoms with Crippen LogP contribution < -0.4 is 14.2 Å². The lowest BCUT2D eigenvalue weighted by molar-refractivity contribution is -0.129. The molecule has 1 aliphatic rings. The zero-order chi connectivity index (χ0) is 21.0. The molecule has 6 nitrogen and oxygen atoms in total. The van der Waals surface area contributed by atoms with Gasteiger partial charge in [-0.05, 0) is 64.8 Å². The normalized spacial score (nSPS) is 14.8. The molecule has 0 saturated heterocycles. The number of carbonyl (C=O) groups is 1. The van der Waals surface area contributed by atoms with Crippen LogP contribution in [0.25, 0.3) is 6.08 Å². The van der Waals surface area contributed by atoms with Gasteiger partial charge in [-0.25, -0.2) is 9.79 Å². The second kappa shape index (κ2) is 9.04. The smallest absolute Gasteiger partial charge is 0.387 e. The highest BCUT2D eigenvalue weighted by Crippen LogP contribution is 2.37. The molecule has 0 fully saturated rings. The molecular formula is C20H16BrF2NO5. The number of cyclic esters (lactones) is 1. The van der Waals surface area contributed by atoms with E-state index in [1.54, 1.807) is 18.2 Å². The van der Waals surface area contributed by atoms with Crippen molar-refractivity contribution in [2.75, 3.05) is 13.7 Å². The van der Waals surface area contributed by atoms with Crippen LogP contribution in [0, 0.1) is 0 Å². The molecule has 0 radical (unpaired) electrons. The minimum Gasteiger partial charge on any atom is -0.492 e. The Balaban J connectivity index is 1.93. The molecule has 3 rings (SSSR count). The van der Waals surface area contributed by atoms with Gasteiger partial charge < -0.3 is 18.9 Å². The van der Waals surface area contributed by atoms with E-state index in [-0.39, 0.29) is 17.3 Å². The third-order valence-corrected chi connectivity index (χ3v) is 4.35. The maximum Gasteiger partial charge on any atom is 0.387 e. The lowest BCUT2D eigenvalue weighted by atomic mass is 10.1. The van der Waals surface area contributed by atoms with E-state index in [2.05, 4.69) is 25.7 Å². The number of methoxy groups -OCH3 is 1. The first kappa shape index (κ1) is 20.8. The van der Waals surface area contributed by atoms with Crippen LogP contribution in [0.3, 0.4) is 0 Å². The average molecular weight is 468 g/mol. The van der Waals surface area contributed by atoms with Crippen LogP contribution in [0.1, 0.15) is 18.1 Å². The molecule has 0 aromatic heterocycles. The molecule has 0 bridgehead atoms. The lowest BCUT2D eigenvalue weighted by Crippen LogP contribution is -2.07. The predicted molar refractivity (Wildman–Crippen MR) is 106 cm³/mol. The highest BCUT2D eigenvalue weighted by Gasteiger charge is 2.25. The molecule has 0 N–H and O–H groups in total.